The highest BCUT2D eigenvalue weighted by molar-refractivity contribution is 5.26. The van der Waals surface area contributed by atoms with Gasteiger partial charge in [-0.25, -0.2) is 8.78 Å². The van der Waals surface area contributed by atoms with Gasteiger partial charge in [0.15, 0.2) is 0 Å². The van der Waals surface area contributed by atoms with Crippen LogP contribution in [0.15, 0.2) is 53.1 Å². The Bertz CT molecular complexity index is 456. The van der Waals surface area contributed by atoms with Crippen molar-refractivity contribution in [1.29, 1.82) is 0 Å². The molecule has 1 N–H and O–H groups in total. The number of nitrogens with one attached hydrogen (secondary N) is 1. The molecule has 1 heterocycles. The quantitative estimate of drug-likeness (QED) is 0.878. The first-order valence-corrected chi connectivity index (χ1v) is 5.81. The summed E-state index contributed by atoms with van der Waals surface area (Å²) < 4.78 is 30.6. The van der Waals surface area contributed by atoms with Gasteiger partial charge >= 0.3 is 0 Å². The van der Waals surface area contributed by atoms with Crippen LogP contribution in [0.3, 0.4) is 0 Å². The Balaban J connectivity index is 2.24. The molecule has 18 heavy (non-hydrogen) atoms. The Labute approximate surface area is 105 Å². The average molecular weight is 251 g/mol. The average Bonchev–Trinajstić information content (AvgIpc) is 2.90. The molecule has 0 saturated carbocycles. The first-order valence-electron chi connectivity index (χ1n) is 5.81. The van der Waals surface area contributed by atoms with Crippen molar-refractivity contribution >= 4 is 0 Å². The van der Waals surface area contributed by atoms with Gasteiger partial charge in [0.25, 0.3) is 6.43 Å². The zero-order valence-electron chi connectivity index (χ0n) is 10.0. The molecule has 2 rings (SSSR count). The van der Waals surface area contributed by atoms with Crippen LogP contribution in [0.2, 0.25) is 0 Å². The van der Waals surface area contributed by atoms with Crippen LogP contribution < -0.4 is 5.32 Å². The van der Waals surface area contributed by atoms with Gasteiger partial charge < -0.3 is 4.42 Å². The number of rotatable bonds is 5. The molecule has 96 valence electrons. The maximum absolute atomic E-state index is 12.7. The third-order valence-corrected chi connectivity index (χ3v) is 2.77. The van der Waals surface area contributed by atoms with Crippen molar-refractivity contribution in [2.45, 2.75) is 25.4 Å². The van der Waals surface area contributed by atoms with E-state index in [0.717, 1.165) is 5.56 Å². The van der Waals surface area contributed by atoms with Gasteiger partial charge in [-0.2, -0.15) is 0 Å². The normalized spacial score (nSPS) is 14.7. The fraction of sp³-hybridized carbons (Fsp3) is 0.286. The van der Waals surface area contributed by atoms with E-state index < -0.39 is 12.5 Å². The number of furan rings is 1. The summed E-state index contributed by atoms with van der Waals surface area (Å²) >= 11 is 0. The summed E-state index contributed by atoms with van der Waals surface area (Å²) in [4.78, 5) is 0. The van der Waals surface area contributed by atoms with Crippen LogP contribution in [-0.2, 0) is 0 Å². The Morgan fingerprint density at radius 1 is 1.06 bits per heavy atom. The third-order valence-electron chi connectivity index (χ3n) is 2.77. The lowest BCUT2D eigenvalue weighted by atomic mass is 10.0. The summed E-state index contributed by atoms with van der Waals surface area (Å²) in [6, 6.07) is 11.7. The summed E-state index contributed by atoms with van der Waals surface area (Å²) in [6.45, 7) is 1.46. The third kappa shape index (κ3) is 2.96. The van der Waals surface area contributed by atoms with Crippen LogP contribution in [-0.4, -0.2) is 12.5 Å². The van der Waals surface area contributed by atoms with Crippen molar-refractivity contribution < 1.29 is 13.2 Å². The summed E-state index contributed by atoms with van der Waals surface area (Å²) in [5.74, 6) is 0.633. The summed E-state index contributed by atoms with van der Waals surface area (Å²) in [6.07, 6.45) is -0.869. The van der Waals surface area contributed by atoms with Crippen LogP contribution in [0.25, 0.3) is 0 Å². The number of halogens is 2. The lowest BCUT2D eigenvalue weighted by Gasteiger charge is -2.21. The molecule has 0 amide bonds. The smallest absolute Gasteiger partial charge is 0.253 e. The molecule has 0 aliphatic rings. The first kappa shape index (κ1) is 12.8. The van der Waals surface area contributed by atoms with Crippen molar-refractivity contribution in [3.63, 3.8) is 0 Å². The minimum Gasteiger partial charge on any atom is -0.467 e. The molecular formula is C14H15F2NO. The molecule has 0 spiro atoms. The van der Waals surface area contributed by atoms with Crippen molar-refractivity contribution in [3.05, 3.63) is 60.1 Å². The first-order chi connectivity index (χ1) is 8.68. The van der Waals surface area contributed by atoms with E-state index in [0.29, 0.717) is 5.76 Å². The van der Waals surface area contributed by atoms with Gasteiger partial charge in [0.1, 0.15) is 5.76 Å². The highest BCUT2D eigenvalue weighted by Gasteiger charge is 2.23. The lowest BCUT2D eigenvalue weighted by molar-refractivity contribution is 0.101. The lowest BCUT2D eigenvalue weighted by Crippen LogP contribution is -2.36. The monoisotopic (exact) mass is 251 g/mol. The van der Waals surface area contributed by atoms with Crippen LogP contribution >= 0.6 is 0 Å². The van der Waals surface area contributed by atoms with E-state index in [4.69, 9.17) is 4.42 Å². The van der Waals surface area contributed by atoms with Crippen molar-refractivity contribution in [3.8, 4) is 0 Å². The van der Waals surface area contributed by atoms with E-state index in [9.17, 15) is 8.78 Å². The number of benzene rings is 1. The second kappa shape index (κ2) is 5.78. The topological polar surface area (TPSA) is 25.2 Å². The molecule has 0 radical (unpaired) electrons. The maximum Gasteiger partial charge on any atom is 0.253 e. The largest absolute Gasteiger partial charge is 0.467 e. The molecule has 1 aromatic heterocycles. The molecule has 1 aromatic carbocycles. The van der Waals surface area contributed by atoms with Gasteiger partial charge in [0.05, 0.1) is 18.3 Å². The predicted molar refractivity (Wildman–Crippen MR) is 65.6 cm³/mol. The number of alkyl halides is 2. The van der Waals surface area contributed by atoms with E-state index in [1.165, 1.54) is 6.92 Å². The molecule has 0 aliphatic heterocycles. The maximum atomic E-state index is 12.7. The van der Waals surface area contributed by atoms with Gasteiger partial charge in [0, 0.05) is 0 Å². The Kier molecular flexibility index (Phi) is 4.10. The second-order valence-corrected chi connectivity index (χ2v) is 4.15. The van der Waals surface area contributed by atoms with Gasteiger partial charge in [-0.15, -0.1) is 0 Å². The zero-order chi connectivity index (χ0) is 13.0. The Morgan fingerprint density at radius 3 is 2.33 bits per heavy atom. The van der Waals surface area contributed by atoms with Crippen LogP contribution in [0.4, 0.5) is 8.78 Å². The van der Waals surface area contributed by atoms with Gasteiger partial charge in [-0.1, -0.05) is 30.3 Å². The van der Waals surface area contributed by atoms with E-state index >= 15 is 0 Å². The molecule has 2 unspecified atom stereocenters. The van der Waals surface area contributed by atoms with Crippen LogP contribution in [0.1, 0.15) is 24.3 Å². The second-order valence-electron chi connectivity index (χ2n) is 4.15. The zero-order valence-corrected chi connectivity index (χ0v) is 10.0. The highest BCUT2D eigenvalue weighted by atomic mass is 19.3. The van der Waals surface area contributed by atoms with Crippen molar-refractivity contribution in [1.82, 2.24) is 5.32 Å². The molecule has 4 heteroatoms. The molecule has 0 bridgehead atoms. The highest BCUT2D eigenvalue weighted by Crippen LogP contribution is 2.23. The standard InChI is InChI=1S/C14H15F2NO/c1-10(14(15)16)17-13(12-8-5-9-18-12)11-6-3-2-4-7-11/h2-10,13-14,17H,1H3. The SMILES string of the molecule is CC(NC(c1ccccc1)c1ccco1)C(F)F. The van der Waals surface area contributed by atoms with E-state index in [1.807, 2.05) is 30.3 Å². The molecule has 0 fully saturated rings. The van der Waals surface area contributed by atoms with Gasteiger partial charge in [-0.3, -0.25) is 5.32 Å². The van der Waals surface area contributed by atoms with E-state index in [2.05, 4.69) is 5.32 Å². The van der Waals surface area contributed by atoms with Crippen molar-refractivity contribution in [2.75, 3.05) is 0 Å². The fourth-order valence-electron chi connectivity index (χ4n) is 1.78. The van der Waals surface area contributed by atoms with Crippen LogP contribution in [0, 0.1) is 0 Å². The summed E-state index contributed by atoms with van der Waals surface area (Å²) in [5.41, 5.74) is 0.903. The number of hydrogen-bond donors (Lipinski definition) is 1. The molecule has 2 nitrogen and oxygen atoms in total. The number of hydrogen-bond acceptors (Lipinski definition) is 2. The molecule has 0 saturated heterocycles. The molecular weight excluding hydrogens is 236 g/mol. The van der Waals surface area contributed by atoms with Crippen LogP contribution in [0.5, 0.6) is 0 Å². The van der Waals surface area contributed by atoms with E-state index in [-0.39, 0.29) is 6.04 Å². The molecule has 2 atom stereocenters. The molecule has 0 aliphatic carbocycles. The van der Waals surface area contributed by atoms with Gasteiger partial charge in [-0.05, 0) is 24.6 Å². The Hall–Kier alpha value is -1.68. The Morgan fingerprint density at radius 2 is 1.78 bits per heavy atom. The van der Waals surface area contributed by atoms with E-state index in [1.54, 1.807) is 18.4 Å². The minimum atomic E-state index is -2.41. The predicted octanol–water partition coefficient (Wildman–Crippen LogP) is 3.61. The van der Waals surface area contributed by atoms with Crippen molar-refractivity contribution in [2.24, 2.45) is 0 Å². The summed E-state index contributed by atoms with van der Waals surface area (Å²) in [7, 11) is 0. The minimum absolute atomic E-state index is 0.356. The molecule has 2 aromatic rings. The summed E-state index contributed by atoms with van der Waals surface area (Å²) in [5, 5.41) is 2.89. The van der Waals surface area contributed by atoms with Gasteiger partial charge in [0.2, 0.25) is 0 Å². The fourth-order valence-corrected chi connectivity index (χ4v) is 1.78.